The molecule has 1 saturated heterocycles. The van der Waals surface area contributed by atoms with E-state index in [1.165, 1.54) is 5.56 Å². The van der Waals surface area contributed by atoms with E-state index in [2.05, 4.69) is 11.0 Å². The lowest BCUT2D eigenvalue weighted by Crippen LogP contribution is -2.34. The predicted octanol–water partition coefficient (Wildman–Crippen LogP) is 4.82. The number of carbonyl (C=O) groups excluding carboxylic acids is 1. The van der Waals surface area contributed by atoms with Crippen LogP contribution in [0.1, 0.15) is 28.1 Å². The van der Waals surface area contributed by atoms with Crippen LogP contribution in [0.5, 0.6) is 0 Å². The Balaban J connectivity index is 1.39. The number of halogens is 1. The van der Waals surface area contributed by atoms with Crippen molar-refractivity contribution in [2.24, 2.45) is 0 Å². The molecule has 1 aliphatic heterocycles. The molecule has 3 aromatic rings. The van der Waals surface area contributed by atoms with Crippen LogP contribution in [-0.4, -0.2) is 41.9 Å². The molecule has 1 aromatic heterocycles. The van der Waals surface area contributed by atoms with Gasteiger partial charge in [-0.3, -0.25) is 9.69 Å². The summed E-state index contributed by atoms with van der Waals surface area (Å²) in [5.41, 5.74) is 2.62. The van der Waals surface area contributed by atoms with E-state index in [4.69, 9.17) is 21.3 Å². The van der Waals surface area contributed by atoms with E-state index >= 15 is 0 Å². The molecule has 30 heavy (non-hydrogen) atoms. The normalized spacial score (nSPS) is 14.9. The van der Waals surface area contributed by atoms with Gasteiger partial charge in [-0.25, -0.2) is 0 Å². The van der Waals surface area contributed by atoms with Gasteiger partial charge < -0.3 is 9.32 Å². The smallest absolute Gasteiger partial charge is 0.289 e. The molecule has 1 fully saturated rings. The number of nitrogens with zero attached hydrogens (tertiary/aromatic N) is 3. The van der Waals surface area contributed by atoms with Gasteiger partial charge in [0.1, 0.15) is 5.76 Å². The summed E-state index contributed by atoms with van der Waals surface area (Å²) < 4.78 is 5.84. The molecule has 4 rings (SSSR count). The van der Waals surface area contributed by atoms with E-state index < -0.39 is 0 Å². The van der Waals surface area contributed by atoms with Gasteiger partial charge in [0, 0.05) is 38.3 Å². The standard InChI is InChI=1S/C24H22ClN3O2/c25-21-5-2-1-4-20(21)22-10-11-23(30-22)24(29)28-13-3-12-27(14-15-28)17-19-8-6-18(16-26)7-9-19/h1-2,4-11H,3,12-15,17H2. The maximum Gasteiger partial charge on any atom is 0.289 e. The number of hydrogen-bond donors (Lipinski definition) is 0. The van der Waals surface area contributed by atoms with Crippen LogP contribution in [0.4, 0.5) is 0 Å². The van der Waals surface area contributed by atoms with Crippen molar-refractivity contribution in [3.05, 3.63) is 82.6 Å². The average molecular weight is 420 g/mol. The Morgan fingerprint density at radius 3 is 2.57 bits per heavy atom. The molecule has 0 spiro atoms. The average Bonchev–Trinajstić information content (AvgIpc) is 3.14. The van der Waals surface area contributed by atoms with Gasteiger partial charge in [0.15, 0.2) is 5.76 Å². The van der Waals surface area contributed by atoms with E-state index in [0.717, 1.165) is 31.6 Å². The molecule has 0 bridgehead atoms. The van der Waals surface area contributed by atoms with Crippen LogP contribution in [0.3, 0.4) is 0 Å². The minimum absolute atomic E-state index is 0.0893. The highest BCUT2D eigenvalue weighted by molar-refractivity contribution is 6.33. The summed E-state index contributed by atoms with van der Waals surface area (Å²) in [6, 6.07) is 20.8. The molecule has 0 radical (unpaired) electrons. The Hall–Kier alpha value is -3.07. The SMILES string of the molecule is N#Cc1ccc(CN2CCCN(C(=O)c3ccc(-c4ccccc4Cl)o3)CC2)cc1. The van der Waals surface area contributed by atoms with E-state index in [-0.39, 0.29) is 5.91 Å². The fourth-order valence-corrected chi connectivity index (χ4v) is 3.92. The van der Waals surface area contributed by atoms with E-state index in [0.29, 0.717) is 35.2 Å². The summed E-state index contributed by atoms with van der Waals surface area (Å²) in [5.74, 6) is 0.847. The molecule has 2 aromatic carbocycles. The van der Waals surface area contributed by atoms with Crippen molar-refractivity contribution in [2.45, 2.75) is 13.0 Å². The van der Waals surface area contributed by atoms with Crippen LogP contribution in [0.2, 0.25) is 5.02 Å². The van der Waals surface area contributed by atoms with Crippen LogP contribution in [-0.2, 0) is 6.54 Å². The zero-order valence-corrected chi connectivity index (χ0v) is 17.3. The molecule has 1 aliphatic rings. The molecule has 0 aliphatic carbocycles. The van der Waals surface area contributed by atoms with Gasteiger partial charge in [-0.05, 0) is 48.4 Å². The quantitative estimate of drug-likeness (QED) is 0.608. The van der Waals surface area contributed by atoms with E-state index in [1.807, 2.05) is 47.4 Å². The third-order valence-corrected chi connectivity index (χ3v) is 5.65. The van der Waals surface area contributed by atoms with Gasteiger partial charge in [0.25, 0.3) is 5.91 Å². The number of carbonyl (C=O) groups is 1. The van der Waals surface area contributed by atoms with Gasteiger partial charge >= 0.3 is 0 Å². The summed E-state index contributed by atoms with van der Waals surface area (Å²) in [4.78, 5) is 17.2. The first-order valence-electron chi connectivity index (χ1n) is 9.99. The molecular formula is C24H22ClN3O2. The number of rotatable bonds is 4. The second kappa shape index (κ2) is 9.17. The monoisotopic (exact) mass is 419 g/mol. The second-order valence-corrected chi connectivity index (χ2v) is 7.78. The van der Waals surface area contributed by atoms with Crippen LogP contribution in [0, 0.1) is 11.3 Å². The number of amides is 1. The maximum atomic E-state index is 13.0. The van der Waals surface area contributed by atoms with Crippen molar-refractivity contribution in [3.8, 4) is 17.4 Å². The molecule has 0 unspecified atom stereocenters. The fourth-order valence-electron chi connectivity index (χ4n) is 3.69. The van der Waals surface area contributed by atoms with Crippen molar-refractivity contribution in [2.75, 3.05) is 26.2 Å². The van der Waals surface area contributed by atoms with Crippen LogP contribution >= 0.6 is 11.6 Å². The Kier molecular flexibility index (Phi) is 6.18. The van der Waals surface area contributed by atoms with Crippen molar-refractivity contribution in [3.63, 3.8) is 0 Å². The first-order valence-corrected chi connectivity index (χ1v) is 10.4. The minimum Gasteiger partial charge on any atom is -0.451 e. The largest absolute Gasteiger partial charge is 0.451 e. The van der Waals surface area contributed by atoms with Crippen molar-refractivity contribution < 1.29 is 9.21 Å². The second-order valence-electron chi connectivity index (χ2n) is 7.37. The highest BCUT2D eigenvalue weighted by atomic mass is 35.5. The first-order chi connectivity index (χ1) is 14.6. The summed E-state index contributed by atoms with van der Waals surface area (Å²) in [6.45, 7) is 3.88. The number of nitriles is 1. The van der Waals surface area contributed by atoms with Gasteiger partial charge in [-0.1, -0.05) is 35.9 Å². The lowest BCUT2D eigenvalue weighted by atomic mass is 10.1. The summed E-state index contributed by atoms with van der Waals surface area (Å²) >= 11 is 6.24. The number of benzene rings is 2. The molecule has 0 atom stereocenters. The molecule has 0 saturated carbocycles. The van der Waals surface area contributed by atoms with Gasteiger partial charge in [-0.2, -0.15) is 5.26 Å². The highest BCUT2D eigenvalue weighted by Crippen LogP contribution is 2.29. The molecule has 152 valence electrons. The summed E-state index contributed by atoms with van der Waals surface area (Å²) in [6.07, 6.45) is 0.903. The van der Waals surface area contributed by atoms with Crippen LogP contribution in [0.15, 0.2) is 65.1 Å². The summed E-state index contributed by atoms with van der Waals surface area (Å²) in [7, 11) is 0. The molecular weight excluding hydrogens is 398 g/mol. The summed E-state index contributed by atoms with van der Waals surface area (Å²) in [5, 5.41) is 9.53. The van der Waals surface area contributed by atoms with Crippen LogP contribution in [0.25, 0.3) is 11.3 Å². The van der Waals surface area contributed by atoms with Gasteiger partial charge in [0.2, 0.25) is 0 Å². The molecule has 0 N–H and O–H groups in total. The van der Waals surface area contributed by atoms with Crippen LogP contribution < -0.4 is 0 Å². The van der Waals surface area contributed by atoms with Gasteiger partial charge in [0.05, 0.1) is 16.7 Å². The maximum absolute atomic E-state index is 13.0. The van der Waals surface area contributed by atoms with Crippen molar-refractivity contribution >= 4 is 17.5 Å². The fraction of sp³-hybridized carbons (Fsp3) is 0.250. The van der Waals surface area contributed by atoms with E-state index in [1.54, 1.807) is 18.2 Å². The lowest BCUT2D eigenvalue weighted by Gasteiger charge is -2.21. The predicted molar refractivity (Wildman–Crippen MR) is 116 cm³/mol. The number of hydrogen-bond acceptors (Lipinski definition) is 4. The topological polar surface area (TPSA) is 60.5 Å². The first kappa shape index (κ1) is 20.2. The van der Waals surface area contributed by atoms with Crippen molar-refractivity contribution in [1.29, 1.82) is 5.26 Å². The molecule has 6 heteroatoms. The minimum atomic E-state index is -0.0893. The molecule has 5 nitrogen and oxygen atoms in total. The van der Waals surface area contributed by atoms with E-state index in [9.17, 15) is 4.79 Å². The zero-order valence-electron chi connectivity index (χ0n) is 16.6. The Bertz CT molecular complexity index is 1070. The lowest BCUT2D eigenvalue weighted by molar-refractivity contribution is 0.0730. The highest BCUT2D eigenvalue weighted by Gasteiger charge is 2.23. The molecule has 1 amide bonds. The zero-order chi connectivity index (χ0) is 20.9. The van der Waals surface area contributed by atoms with Gasteiger partial charge in [-0.15, -0.1) is 0 Å². The Labute approximate surface area is 181 Å². The Morgan fingerprint density at radius 1 is 1.00 bits per heavy atom. The molecule has 2 heterocycles. The third-order valence-electron chi connectivity index (χ3n) is 5.32. The Morgan fingerprint density at radius 2 is 1.80 bits per heavy atom. The van der Waals surface area contributed by atoms with Crippen molar-refractivity contribution in [1.82, 2.24) is 9.80 Å². The third kappa shape index (κ3) is 4.56. The number of furan rings is 1.